The Kier molecular flexibility index (Phi) is 34.3. The van der Waals surface area contributed by atoms with Gasteiger partial charge in [0, 0.05) is 0 Å². The molecule has 0 aliphatic rings. The fourth-order valence-electron chi connectivity index (χ4n) is 5.05. The molecule has 0 saturated carbocycles. The topological polar surface area (TPSA) is 65.0 Å². The van der Waals surface area contributed by atoms with E-state index in [1.807, 2.05) is 0 Å². The third kappa shape index (κ3) is 32.0. The molecule has 1 atom stereocenters. The van der Waals surface area contributed by atoms with Crippen LogP contribution in [0, 0.1) is 0 Å². The molecule has 1 unspecified atom stereocenters. The molecule has 1 N–H and O–H groups in total. The first-order valence-electron chi connectivity index (χ1n) is 18.5. The fraction of sp³-hybridized carbons (Fsp3) is 0.868. The maximum atomic E-state index is 12.6. The molecule has 0 spiro atoms. The van der Waals surface area contributed by atoms with Crippen molar-refractivity contribution in [3.63, 3.8) is 0 Å². The van der Waals surface area contributed by atoms with Crippen molar-refractivity contribution in [2.75, 3.05) is 19.8 Å². The van der Waals surface area contributed by atoms with Gasteiger partial charge in [0.15, 0.2) is 0 Å². The molecule has 5 heteroatoms. The minimum Gasteiger partial charge on any atom is -0.462 e. The Morgan fingerprint density at radius 3 is 1.56 bits per heavy atom. The van der Waals surface area contributed by atoms with Gasteiger partial charge in [-0.05, 0) is 64.2 Å². The van der Waals surface area contributed by atoms with Gasteiger partial charge in [-0.25, -0.2) is 4.79 Å². The van der Waals surface area contributed by atoms with Crippen LogP contribution in [0.2, 0.25) is 0 Å². The molecular weight excluding hydrogens is 536 g/mol. The summed E-state index contributed by atoms with van der Waals surface area (Å²) in [5, 5.41) is 10.3. The van der Waals surface area contributed by atoms with Gasteiger partial charge >= 0.3 is 5.97 Å². The van der Waals surface area contributed by atoms with Crippen LogP contribution in [0.15, 0.2) is 24.3 Å². The molecule has 0 aromatic rings. The van der Waals surface area contributed by atoms with Crippen LogP contribution in [0.3, 0.4) is 0 Å². The summed E-state index contributed by atoms with van der Waals surface area (Å²) in [5.41, 5.74) is 0. The first-order valence-corrected chi connectivity index (χ1v) is 18.5. The van der Waals surface area contributed by atoms with Crippen molar-refractivity contribution in [3.8, 4) is 0 Å². The Labute approximate surface area is 267 Å². The first kappa shape index (κ1) is 41.8. The number of carbonyl (C=O) groups is 1. The summed E-state index contributed by atoms with van der Waals surface area (Å²) in [4.78, 5) is 12.6. The SMILES string of the molecule is CCCCC/C=C\C/C=C\CCCCCCCCC(O)CCCOC(=O)C(OCCCCCCC)OCCCCCCC. The van der Waals surface area contributed by atoms with Gasteiger partial charge in [-0.1, -0.05) is 141 Å². The van der Waals surface area contributed by atoms with Crippen molar-refractivity contribution in [2.24, 2.45) is 0 Å². The van der Waals surface area contributed by atoms with Gasteiger partial charge in [-0.3, -0.25) is 0 Å². The summed E-state index contributed by atoms with van der Waals surface area (Å²) in [5.74, 6) is -0.429. The first-order chi connectivity index (χ1) is 21.2. The zero-order chi connectivity index (χ0) is 31.5. The van der Waals surface area contributed by atoms with Gasteiger partial charge < -0.3 is 19.3 Å². The number of ether oxygens (including phenoxy) is 3. The predicted molar refractivity (Wildman–Crippen MR) is 183 cm³/mol. The summed E-state index contributed by atoms with van der Waals surface area (Å²) < 4.78 is 17.0. The van der Waals surface area contributed by atoms with Crippen LogP contribution >= 0.6 is 0 Å². The number of rotatable bonds is 34. The molecule has 0 fully saturated rings. The summed E-state index contributed by atoms with van der Waals surface area (Å²) in [6, 6.07) is 0. The van der Waals surface area contributed by atoms with E-state index in [1.54, 1.807) is 0 Å². The van der Waals surface area contributed by atoms with Crippen molar-refractivity contribution in [2.45, 2.75) is 194 Å². The average molecular weight is 609 g/mol. The van der Waals surface area contributed by atoms with E-state index in [9.17, 15) is 9.90 Å². The van der Waals surface area contributed by atoms with Crippen molar-refractivity contribution >= 4 is 5.97 Å². The summed E-state index contributed by atoms with van der Waals surface area (Å²) >= 11 is 0. The molecule has 254 valence electrons. The average Bonchev–Trinajstić information content (AvgIpc) is 3.01. The fourth-order valence-corrected chi connectivity index (χ4v) is 5.05. The molecule has 0 heterocycles. The van der Waals surface area contributed by atoms with Gasteiger partial charge in [0.25, 0.3) is 6.29 Å². The zero-order valence-corrected chi connectivity index (χ0v) is 28.8. The van der Waals surface area contributed by atoms with Gasteiger partial charge in [0.05, 0.1) is 25.9 Å². The number of hydrogen-bond donors (Lipinski definition) is 1. The maximum Gasteiger partial charge on any atom is 0.363 e. The van der Waals surface area contributed by atoms with Crippen molar-refractivity contribution in [1.29, 1.82) is 0 Å². The Morgan fingerprint density at radius 1 is 0.535 bits per heavy atom. The van der Waals surface area contributed by atoms with Crippen LogP contribution in [0.1, 0.15) is 181 Å². The molecular formula is C38H72O5. The molecule has 0 aliphatic carbocycles. The highest BCUT2D eigenvalue weighted by atomic mass is 16.7. The zero-order valence-electron chi connectivity index (χ0n) is 28.8. The van der Waals surface area contributed by atoms with E-state index in [2.05, 4.69) is 45.1 Å². The van der Waals surface area contributed by atoms with Crippen LogP contribution in [0.5, 0.6) is 0 Å². The number of hydrogen-bond acceptors (Lipinski definition) is 5. The van der Waals surface area contributed by atoms with Gasteiger partial charge in [0.2, 0.25) is 0 Å². The minimum atomic E-state index is -0.930. The summed E-state index contributed by atoms with van der Waals surface area (Å²) in [6.07, 6.45) is 36.3. The molecule has 0 aromatic carbocycles. The number of esters is 1. The molecule has 0 saturated heterocycles. The number of aliphatic hydroxyl groups excluding tert-OH is 1. The van der Waals surface area contributed by atoms with Gasteiger partial charge in [-0.15, -0.1) is 0 Å². The second kappa shape index (κ2) is 35.3. The maximum absolute atomic E-state index is 12.6. The lowest BCUT2D eigenvalue weighted by Crippen LogP contribution is -2.31. The number of allylic oxidation sites excluding steroid dienone is 4. The Hall–Kier alpha value is -1.17. The van der Waals surface area contributed by atoms with Crippen molar-refractivity contribution < 1.29 is 24.1 Å². The standard InChI is InChI=1S/C38H72O5/c1-4-7-10-13-14-15-16-17-18-19-20-21-22-23-24-27-31-36(39)32-30-35-41-37(40)38(42-33-28-25-11-8-5-2)43-34-29-26-12-9-6-3/h14-15,17-18,36,38-39H,4-13,16,19-35H2,1-3H3/b15-14-,18-17-. The second-order valence-electron chi connectivity index (χ2n) is 12.2. The van der Waals surface area contributed by atoms with Crippen LogP contribution in [0.4, 0.5) is 0 Å². The van der Waals surface area contributed by atoms with E-state index in [-0.39, 0.29) is 6.10 Å². The summed E-state index contributed by atoms with van der Waals surface area (Å²) in [6.45, 7) is 8.00. The second-order valence-corrected chi connectivity index (χ2v) is 12.2. The van der Waals surface area contributed by atoms with Crippen LogP contribution in [-0.4, -0.2) is 43.3 Å². The van der Waals surface area contributed by atoms with E-state index in [1.165, 1.54) is 103 Å². The summed E-state index contributed by atoms with van der Waals surface area (Å²) in [7, 11) is 0. The van der Waals surface area contributed by atoms with E-state index in [0.29, 0.717) is 32.7 Å². The third-order valence-corrected chi connectivity index (χ3v) is 7.89. The Bertz CT molecular complexity index is 601. The lowest BCUT2D eigenvalue weighted by Gasteiger charge is -2.18. The number of aliphatic hydroxyl groups is 1. The number of unbranched alkanes of at least 4 members (excludes halogenated alkanes) is 17. The lowest BCUT2D eigenvalue weighted by molar-refractivity contribution is -0.196. The molecule has 0 amide bonds. The van der Waals surface area contributed by atoms with Crippen molar-refractivity contribution in [3.05, 3.63) is 24.3 Å². The molecule has 0 rings (SSSR count). The highest BCUT2D eigenvalue weighted by Gasteiger charge is 2.21. The third-order valence-electron chi connectivity index (χ3n) is 7.89. The lowest BCUT2D eigenvalue weighted by atomic mass is 10.0. The normalized spacial score (nSPS) is 12.7. The molecule has 5 nitrogen and oxygen atoms in total. The minimum absolute atomic E-state index is 0.301. The molecule has 0 bridgehead atoms. The highest BCUT2D eigenvalue weighted by Crippen LogP contribution is 2.13. The quantitative estimate of drug-likeness (QED) is 0.0341. The van der Waals surface area contributed by atoms with E-state index in [0.717, 1.165) is 44.9 Å². The Balaban J connectivity index is 3.86. The largest absolute Gasteiger partial charge is 0.462 e. The van der Waals surface area contributed by atoms with Crippen LogP contribution in [0.25, 0.3) is 0 Å². The van der Waals surface area contributed by atoms with Crippen molar-refractivity contribution in [1.82, 2.24) is 0 Å². The van der Waals surface area contributed by atoms with Crippen LogP contribution in [-0.2, 0) is 19.0 Å². The van der Waals surface area contributed by atoms with E-state index in [4.69, 9.17) is 14.2 Å². The van der Waals surface area contributed by atoms with E-state index >= 15 is 0 Å². The molecule has 0 aromatic heterocycles. The number of carbonyl (C=O) groups excluding carboxylic acids is 1. The van der Waals surface area contributed by atoms with E-state index < -0.39 is 12.3 Å². The van der Waals surface area contributed by atoms with Crippen LogP contribution < -0.4 is 0 Å². The highest BCUT2D eigenvalue weighted by molar-refractivity contribution is 5.73. The smallest absolute Gasteiger partial charge is 0.363 e. The van der Waals surface area contributed by atoms with Gasteiger partial charge in [0.1, 0.15) is 0 Å². The monoisotopic (exact) mass is 609 g/mol. The predicted octanol–water partition coefficient (Wildman–Crippen LogP) is 11.2. The Morgan fingerprint density at radius 2 is 0.977 bits per heavy atom. The van der Waals surface area contributed by atoms with Gasteiger partial charge in [-0.2, -0.15) is 0 Å². The molecule has 43 heavy (non-hydrogen) atoms. The molecule has 0 radical (unpaired) electrons. The molecule has 0 aliphatic heterocycles.